The fourth-order valence-corrected chi connectivity index (χ4v) is 2.26. The van der Waals surface area contributed by atoms with Gasteiger partial charge in [-0.25, -0.2) is 0 Å². The molecule has 2 unspecified atom stereocenters. The van der Waals surface area contributed by atoms with E-state index in [4.69, 9.17) is 19.9 Å². The summed E-state index contributed by atoms with van der Waals surface area (Å²) < 4.78 is 17.5. The minimum atomic E-state index is -0.509. The van der Waals surface area contributed by atoms with Gasteiger partial charge < -0.3 is 19.9 Å². The zero-order chi connectivity index (χ0) is 13.8. The highest BCUT2D eigenvalue weighted by molar-refractivity contribution is 4.77. The molecule has 0 aromatic rings. The molecule has 1 rings (SSSR count). The van der Waals surface area contributed by atoms with Gasteiger partial charge in [-0.2, -0.15) is 0 Å². The molecule has 0 amide bonds. The molecule has 2 atom stereocenters. The molecule has 18 heavy (non-hydrogen) atoms. The zero-order valence-corrected chi connectivity index (χ0v) is 12.5. The first-order valence-corrected chi connectivity index (χ1v) is 6.91. The molecule has 2 N–H and O–H groups in total. The van der Waals surface area contributed by atoms with Crippen LogP contribution < -0.4 is 5.73 Å². The quantitative estimate of drug-likeness (QED) is 0.824. The van der Waals surface area contributed by atoms with Gasteiger partial charge in [0.2, 0.25) is 0 Å². The smallest absolute Gasteiger partial charge is 0.163 e. The molecule has 1 fully saturated rings. The Kier molecular flexibility index (Phi) is 5.59. The minimum absolute atomic E-state index is 0.0860. The van der Waals surface area contributed by atoms with Gasteiger partial charge in [0.1, 0.15) is 0 Å². The van der Waals surface area contributed by atoms with Crippen LogP contribution >= 0.6 is 0 Å². The summed E-state index contributed by atoms with van der Waals surface area (Å²) in [5.41, 5.74) is 5.52. The van der Waals surface area contributed by atoms with Gasteiger partial charge in [0.05, 0.1) is 17.8 Å². The first-order valence-electron chi connectivity index (χ1n) is 6.91. The Morgan fingerprint density at radius 3 is 2.22 bits per heavy atom. The fraction of sp³-hybridized carbons (Fsp3) is 1.00. The Bertz CT molecular complexity index is 248. The highest BCUT2D eigenvalue weighted by atomic mass is 16.7. The lowest BCUT2D eigenvalue weighted by atomic mass is 10.0. The van der Waals surface area contributed by atoms with E-state index in [0.29, 0.717) is 6.54 Å². The van der Waals surface area contributed by atoms with Crippen LogP contribution in [0.5, 0.6) is 0 Å². The molecule has 1 saturated heterocycles. The molecule has 0 spiro atoms. The van der Waals surface area contributed by atoms with Crippen LogP contribution in [0.25, 0.3) is 0 Å². The molecule has 108 valence electrons. The van der Waals surface area contributed by atoms with E-state index < -0.39 is 5.79 Å². The molecule has 0 aliphatic carbocycles. The maximum atomic E-state index is 5.92. The number of nitrogens with two attached hydrogens (primary N) is 1. The summed E-state index contributed by atoms with van der Waals surface area (Å²) in [6.07, 6.45) is 3.12. The number of ether oxygens (including phenoxy) is 3. The SMILES string of the molecule is CC(C)(C)OCCC1CC(CCN)OC(C)(C)O1. The number of hydrogen-bond donors (Lipinski definition) is 1. The minimum Gasteiger partial charge on any atom is -0.376 e. The zero-order valence-electron chi connectivity index (χ0n) is 12.5. The van der Waals surface area contributed by atoms with Crippen molar-refractivity contribution in [1.29, 1.82) is 0 Å². The van der Waals surface area contributed by atoms with Crippen molar-refractivity contribution in [2.75, 3.05) is 13.2 Å². The van der Waals surface area contributed by atoms with Gasteiger partial charge in [-0.3, -0.25) is 0 Å². The van der Waals surface area contributed by atoms with Crippen molar-refractivity contribution in [2.45, 2.75) is 77.5 Å². The Morgan fingerprint density at radius 2 is 1.72 bits per heavy atom. The topological polar surface area (TPSA) is 53.7 Å². The fourth-order valence-electron chi connectivity index (χ4n) is 2.26. The average molecular weight is 259 g/mol. The second-order valence-corrected chi connectivity index (χ2v) is 6.44. The Balaban J connectivity index is 2.40. The summed E-state index contributed by atoms with van der Waals surface area (Å²) in [5, 5.41) is 0. The highest BCUT2D eigenvalue weighted by Gasteiger charge is 2.34. The van der Waals surface area contributed by atoms with Crippen LogP contribution in [0, 0.1) is 0 Å². The summed E-state index contributed by atoms with van der Waals surface area (Å²) in [5.74, 6) is -0.509. The summed E-state index contributed by atoms with van der Waals surface area (Å²) in [4.78, 5) is 0. The lowest BCUT2D eigenvalue weighted by Crippen LogP contribution is -2.45. The van der Waals surface area contributed by atoms with Gasteiger partial charge in [-0.05, 0) is 54.0 Å². The van der Waals surface area contributed by atoms with E-state index in [-0.39, 0.29) is 17.8 Å². The maximum Gasteiger partial charge on any atom is 0.163 e. The van der Waals surface area contributed by atoms with Crippen molar-refractivity contribution in [2.24, 2.45) is 5.73 Å². The van der Waals surface area contributed by atoms with Crippen LogP contribution in [0.3, 0.4) is 0 Å². The molecular weight excluding hydrogens is 230 g/mol. The van der Waals surface area contributed by atoms with E-state index in [0.717, 1.165) is 25.9 Å². The molecule has 0 radical (unpaired) electrons. The predicted octanol–water partition coefficient (Wildman–Crippen LogP) is 2.45. The molecule has 1 heterocycles. The first kappa shape index (κ1) is 15.9. The number of rotatable bonds is 5. The lowest BCUT2D eigenvalue weighted by molar-refractivity contribution is -0.302. The molecule has 0 bridgehead atoms. The third-order valence-electron chi connectivity index (χ3n) is 2.89. The Labute approximate surface area is 111 Å². The van der Waals surface area contributed by atoms with Crippen LogP contribution in [0.2, 0.25) is 0 Å². The second-order valence-electron chi connectivity index (χ2n) is 6.44. The van der Waals surface area contributed by atoms with E-state index in [1.807, 2.05) is 13.8 Å². The molecule has 4 heteroatoms. The highest BCUT2D eigenvalue weighted by Crippen LogP contribution is 2.29. The molecule has 1 aliphatic heterocycles. The largest absolute Gasteiger partial charge is 0.376 e. The van der Waals surface area contributed by atoms with E-state index in [1.165, 1.54) is 0 Å². The summed E-state index contributed by atoms with van der Waals surface area (Å²) in [6.45, 7) is 11.5. The van der Waals surface area contributed by atoms with Gasteiger partial charge in [-0.15, -0.1) is 0 Å². The second kappa shape index (κ2) is 6.33. The summed E-state index contributed by atoms with van der Waals surface area (Å²) in [6, 6.07) is 0. The van der Waals surface area contributed by atoms with Crippen molar-refractivity contribution < 1.29 is 14.2 Å². The van der Waals surface area contributed by atoms with Gasteiger partial charge in [0.25, 0.3) is 0 Å². The van der Waals surface area contributed by atoms with Crippen molar-refractivity contribution in [3.63, 3.8) is 0 Å². The van der Waals surface area contributed by atoms with E-state index >= 15 is 0 Å². The number of hydrogen-bond acceptors (Lipinski definition) is 4. The van der Waals surface area contributed by atoms with E-state index in [2.05, 4.69) is 20.8 Å². The maximum absolute atomic E-state index is 5.92. The van der Waals surface area contributed by atoms with Crippen LogP contribution in [-0.2, 0) is 14.2 Å². The predicted molar refractivity (Wildman–Crippen MR) is 72.4 cm³/mol. The first-order chi connectivity index (χ1) is 8.22. The van der Waals surface area contributed by atoms with Gasteiger partial charge in [0.15, 0.2) is 5.79 Å². The van der Waals surface area contributed by atoms with Gasteiger partial charge in [-0.1, -0.05) is 0 Å². The van der Waals surface area contributed by atoms with Crippen LogP contribution in [0.1, 0.15) is 53.9 Å². The monoisotopic (exact) mass is 259 g/mol. The van der Waals surface area contributed by atoms with E-state index in [1.54, 1.807) is 0 Å². The molecule has 4 nitrogen and oxygen atoms in total. The van der Waals surface area contributed by atoms with Crippen molar-refractivity contribution in [1.82, 2.24) is 0 Å². The molecule has 0 aromatic carbocycles. The van der Waals surface area contributed by atoms with Crippen LogP contribution in [0.15, 0.2) is 0 Å². The van der Waals surface area contributed by atoms with Gasteiger partial charge in [0, 0.05) is 13.0 Å². The lowest BCUT2D eigenvalue weighted by Gasteiger charge is -2.41. The van der Waals surface area contributed by atoms with E-state index in [9.17, 15) is 0 Å². The normalized spacial score (nSPS) is 28.3. The molecular formula is C14H29NO3. The van der Waals surface area contributed by atoms with Gasteiger partial charge >= 0.3 is 0 Å². The van der Waals surface area contributed by atoms with Crippen molar-refractivity contribution in [3.8, 4) is 0 Å². The molecule has 1 aliphatic rings. The van der Waals surface area contributed by atoms with Crippen LogP contribution in [-0.4, -0.2) is 36.7 Å². The summed E-state index contributed by atoms with van der Waals surface area (Å²) in [7, 11) is 0. The van der Waals surface area contributed by atoms with Crippen LogP contribution in [0.4, 0.5) is 0 Å². The summed E-state index contributed by atoms with van der Waals surface area (Å²) >= 11 is 0. The average Bonchev–Trinajstić information content (AvgIpc) is 2.13. The van der Waals surface area contributed by atoms with Crippen molar-refractivity contribution in [3.05, 3.63) is 0 Å². The third-order valence-corrected chi connectivity index (χ3v) is 2.89. The third kappa shape index (κ3) is 6.14. The Morgan fingerprint density at radius 1 is 1.17 bits per heavy atom. The van der Waals surface area contributed by atoms with Crippen molar-refractivity contribution >= 4 is 0 Å². The standard InChI is InChI=1S/C14H29NO3/c1-13(2,3)16-9-7-12-10-11(6-8-15)17-14(4,5)18-12/h11-12H,6-10,15H2,1-5H3. The molecule has 0 saturated carbocycles. The molecule has 0 aromatic heterocycles. The Hall–Kier alpha value is -0.160.